The number of carbonyl (C=O) groups is 2. The molecule has 0 saturated heterocycles. The van der Waals surface area contributed by atoms with Crippen molar-refractivity contribution in [3.63, 3.8) is 0 Å². The number of nitrogens with one attached hydrogen (secondary N) is 1. The normalized spacial score (nSPS) is 11.9. The second-order valence-electron chi connectivity index (χ2n) is 5.89. The Morgan fingerprint density at radius 2 is 1.85 bits per heavy atom. The molecule has 1 heterocycles. The molecule has 7 heteroatoms. The summed E-state index contributed by atoms with van der Waals surface area (Å²) >= 11 is 0. The highest BCUT2D eigenvalue weighted by Crippen LogP contribution is 2.24. The Balaban J connectivity index is 1.78. The fourth-order valence-corrected chi connectivity index (χ4v) is 2.63. The van der Waals surface area contributed by atoms with E-state index < -0.39 is 17.9 Å². The van der Waals surface area contributed by atoms with Gasteiger partial charge in [-0.2, -0.15) is 0 Å². The minimum atomic E-state index is -1.18. The van der Waals surface area contributed by atoms with Crippen molar-refractivity contribution in [2.75, 3.05) is 11.1 Å². The predicted molar refractivity (Wildman–Crippen MR) is 99.5 cm³/mol. The number of benzene rings is 2. The van der Waals surface area contributed by atoms with Crippen molar-refractivity contribution in [1.29, 1.82) is 0 Å². The van der Waals surface area contributed by atoms with Crippen molar-refractivity contribution in [3.8, 4) is 0 Å². The fraction of sp³-hybridized carbons (Fsp3) is 0.105. The molecule has 0 bridgehead atoms. The molecule has 0 saturated carbocycles. The molecule has 26 heavy (non-hydrogen) atoms. The summed E-state index contributed by atoms with van der Waals surface area (Å²) in [5, 5.41) is 14.0. The van der Waals surface area contributed by atoms with Gasteiger partial charge in [-0.05, 0) is 29.1 Å². The Hall–Kier alpha value is -3.45. The number of aliphatic hydroxyl groups excluding tert-OH is 1. The first-order chi connectivity index (χ1) is 12.4. The van der Waals surface area contributed by atoms with Gasteiger partial charge in [0.1, 0.15) is 17.6 Å². The first kappa shape index (κ1) is 17.4. The molecule has 0 aliphatic heterocycles. The van der Waals surface area contributed by atoms with Gasteiger partial charge in [-0.3, -0.25) is 9.59 Å². The maximum atomic E-state index is 12.2. The van der Waals surface area contributed by atoms with Crippen LogP contribution in [0.2, 0.25) is 0 Å². The predicted octanol–water partition coefficient (Wildman–Crippen LogP) is 1.46. The highest BCUT2D eigenvalue weighted by molar-refractivity contribution is 6.02. The third-order valence-electron chi connectivity index (χ3n) is 3.96. The maximum Gasteiger partial charge on any atom is 0.267 e. The lowest BCUT2D eigenvalue weighted by Crippen LogP contribution is -2.29. The summed E-state index contributed by atoms with van der Waals surface area (Å²) in [6, 6.07) is 15.8. The number of carbonyl (C=O) groups excluding carboxylic acids is 2. The van der Waals surface area contributed by atoms with E-state index in [9.17, 15) is 14.7 Å². The van der Waals surface area contributed by atoms with Crippen LogP contribution in [-0.2, 0) is 11.2 Å². The lowest BCUT2D eigenvalue weighted by Gasteiger charge is -2.12. The van der Waals surface area contributed by atoms with E-state index in [0.717, 1.165) is 5.56 Å². The zero-order chi connectivity index (χ0) is 18.7. The molecule has 132 valence electrons. The highest BCUT2D eigenvalue weighted by atomic mass is 16.3. The van der Waals surface area contributed by atoms with Gasteiger partial charge >= 0.3 is 0 Å². The molecule has 1 unspecified atom stereocenters. The molecular formula is C19H18N4O3. The van der Waals surface area contributed by atoms with E-state index in [1.807, 2.05) is 30.3 Å². The zero-order valence-electron chi connectivity index (χ0n) is 13.8. The van der Waals surface area contributed by atoms with Crippen LogP contribution in [0.5, 0.6) is 0 Å². The first-order valence-corrected chi connectivity index (χ1v) is 7.97. The minimum absolute atomic E-state index is 0.0741. The number of anilines is 2. The first-order valence-electron chi connectivity index (χ1n) is 7.97. The van der Waals surface area contributed by atoms with Gasteiger partial charge in [-0.25, -0.2) is 4.98 Å². The van der Waals surface area contributed by atoms with Gasteiger partial charge in [-0.1, -0.05) is 36.4 Å². The minimum Gasteiger partial charge on any atom is -0.383 e. The number of hydrogen-bond donors (Lipinski definition) is 4. The number of nitrogen functional groups attached to an aromatic ring is 1. The monoisotopic (exact) mass is 350 g/mol. The van der Waals surface area contributed by atoms with E-state index in [2.05, 4.69) is 10.3 Å². The van der Waals surface area contributed by atoms with E-state index in [0.29, 0.717) is 16.5 Å². The summed E-state index contributed by atoms with van der Waals surface area (Å²) in [6.07, 6.45) is -0.966. The van der Waals surface area contributed by atoms with Crippen LogP contribution in [0.4, 0.5) is 11.5 Å². The van der Waals surface area contributed by atoms with Crippen LogP contribution in [0.3, 0.4) is 0 Å². The summed E-state index contributed by atoms with van der Waals surface area (Å²) in [5.41, 5.74) is 12.5. The molecule has 0 aliphatic rings. The second-order valence-corrected chi connectivity index (χ2v) is 5.89. The number of nitrogens with zero attached hydrogens (tertiary/aromatic N) is 1. The molecule has 1 aromatic heterocycles. The zero-order valence-corrected chi connectivity index (χ0v) is 13.8. The summed E-state index contributed by atoms with van der Waals surface area (Å²) in [4.78, 5) is 27.4. The van der Waals surface area contributed by atoms with Gasteiger partial charge in [0.05, 0.1) is 0 Å². The Morgan fingerprint density at radius 3 is 2.54 bits per heavy atom. The number of aromatic nitrogens is 1. The molecule has 6 N–H and O–H groups in total. The Labute approximate surface area is 149 Å². The van der Waals surface area contributed by atoms with Crippen molar-refractivity contribution in [1.82, 2.24) is 4.98 Å². The average molecular weight is 350 g/mol. The molecule has 0 aliphatic carbocycles. The van der Waals surface area contributed by atoms with E-state index in [1.54, 1.807) is 18.2 Å². The number of primary amides is 1. The molecule has 3 rings (SSSR count). The number of nitrogens with two attached hydrogens (primary N) is 2. The summed E-state index contributed by atoms with van der Waals surface area (Å²) in [5.74, 6) is -1.05. The van der Waals surface area contributed by atoms with Crippen LogP contribution in [0.25, 0.3) is 10.8 Å². The van der Waals surface area contributed by atoms with E-state index in [1.165, 1.54) is 6.07 Å². The number of aliphatic hydroxyl groups is 1. The maximum absolute atomic E-state index is 12.2. The third-order valence-corrected chi connectivity index (χ3v) is 3.96. The van der Waals surface area contributed by atoms with Crippen molar-refractivity contribution >= 4 is 34.1 Å². The molecule has 2 aromatic carbocycles. The Kier molecular flexibility index (Phi) is 4.81. The van der Waals surface area contributed by atoms with Crippen molar-refractivity contribution < 1.29 is 14.7 Å². The number of rotatable bonds is 5. The molecule has 0 radical (unpaired) electrons. The van der Waals surface area contributed by atoms with Crippen molar-refractivity contribution in [3.05, 3.63) is 65.9 Å². The largest absolute Gasteiger partial charge is 0.383 e. The fourth-order valence-electron chi connectivity index (χ4n) is 2.63. The molecule has 1 atom stereocenters. The van der Waals surface area contributed by atoms with E-state index >= 15 is 0 Å². The SMILES string of the molecule is NC(=O)c1cc2ccc(NC(=O)C(O)Cc3ccccc3)cc2c(N)n1. The van der Waals surface area contributed by atoms with Crippen LogP contribution >= 0.6 is 0 Å². The van der Waals surface area contributed by atoms with Gasteiger partial charge in [0.15, 0.2) is 0 Å². The standard InChI is InChI=1S/C19H18N4O3/c20-17-14-10-13(7-6-12(14)9-15(23-17)18(21)25)22-19(26)16(24)8-11-4-2-1-3-5-11/h1-7,9-10,16,24H,8H2,(H2,20,23)(H2,21,25)(H,22,26). The highest BCUT2D eigenvalue weighted by Gasteiger charge is 2.16. The van der Waals surface area contributed by atoms with Crippen LogP contribution in [0.1, 0.15) is 16.1 Å². The van der Waals surface area contributed by atoms with Crippen LogP contribution in [0.15, 0.2) is 54.6 Å². The van der Waals surface area contributed by atoms with Gasteiger partial charge < -0.3 is 21.9 Å². The molecule has 2 amide bonds. The lowest BCUT2D eigenvalue weighted by molar-refractivity contribution is -0.123. The van der Waals surface area contributed by atoms with Crippen molar-refractivity contribution in [2.45, 2.75) is 12.5 Å². The number of amides is 2. The number of pyridine rings is 1. The quantitative estimate of drug-likeness (QED) is 0.553. The van der Waals surface area contributed by atoms with Crippen LogP contribution < -0.4 is 16.8 Å². The topological polar surface area (TPSA) is 131 Å². The van der Waals surface area contributed by atoms with Crippen LogP contribution in [-0.4, -0.2) is 28.0 Å². The average Bonchev–Trinajstić information content (AvgIpc) is 2.62. The van der Waals surface area contributed by atoms with E-state index in [-0.39, 0.29) is 17.9 Å². The third kappa shape index (κ3) is 3.79. The van der Waals surface area contributed by atoms with Gasteiger partial charge in [0.25, 0.3) is 11.8 Å². The summed E-state index contributed by atoms with van der Waals surface area (Å²) in [7, 11) is 0. The smallest absolute Gasteiger partial charge is 0.267 e. The van der Waals surface area contributed by atoms with Gasteiger partial charge in [0, 0.05) is 17.5 Å². The number of fused-ring (bicyclic) bond motifs is 1. The summed E-state index contributed by atoms with van der Waals surface area (Å²) < 4.78 is 0. The Morgan fingerprint density at radius 1 is 1.12 bits per heavy atom. The number of hydrogen-bond acceptors (Lipinski definition) is 5. The summed E-state index contributed by atoms with van der Waals surface area (Å²) in [6.45, 7) is 0. The van der Waals surface area contributed by atoms with Gasteiger partial charge in [0.2, 0.25) is 0 Å². The van der Waals surface area contributed by atoms with Gasteiger partial charge in [-0.15, -0.1) is 0 Å². The molecule has 3 aromatic rings. The Bertz CT molecular complexity index is 973. The second kappa shape index (κ2) is 7.20. The molecule has 0 fully saturated rings. The lowest BCUT2D eigenvalue weighted by atomic mass is 10.1. The molecule has 0 spiro atoms. The molecule has 7 nitrogen and oxygen atoms in total. The van der Waals surface area contributed by atoms with Crippen molar-refractivity contribution in [2.24, 2.45) is 5.73 Å². The molecular weight excluding hydrogens is 332 g/mol. The van der Waals surface area contributed by atoms with Crippen LogP contribution in [0, 0.1) is 0 Å². The van der Waals surface area contributed by atoms with E-state index in [4.69, 9.17) is 11.5 Å².